The summed E-state index contributed by atoms with van der Waals surface area (Å²) in [4.78, 5) is 15.5. The minimum absolute atomic E-state index is 0.195. The number of carbonyl (C=O) groups excluding carboxylic acids is 1. The zero-order valence-corrected chi connectivity index (χ0v) is 9.33. The molecule has 2 amide bonds. The fraction of sp³-hybridized carbons (Fsp3) is 0.400. The first kappa shape index (κ1) is 11.2. The third kappa shape index (κ3) is 3.08. The number of anilines is 1. The van der Waals surface area contributed by atoms with Gasteiger partial charge in [-0.05, 0) is 25.0 Å². The molecule has 1 saturated heterocycles. The van der Waals surface area contributed by atoms with Crippen LogP contribution in [0, 0.1) is 0 Å². The van der Waals surface area contributed by atoms with E-state index < -0.39 is 0 Å². The van der Waals surface area contributed by atoms with Crippen LogP contribution in [-0.4, -0.2) is 23.8 Å². The summed E-state index contributed by atoms with van der Waals surface area (Å²) in [6, 6.07) is 2.89. The van der Waals surface area contributed by atoms with Gasteiger partial charge in [0.1, 0.15) is 12.0 Å². The zero-order valence-electron chi connectivity index (χ0n) is 8.57. The number of rotatable bonds is 2. The van der Waals surface area contributed by atoms with Crippen LogP contribution in [0.25, 0.3) is 0 Å². The molecule has 16 heavy (non-hydrogen) atoms. The second kappa shape index (κ2) is 5.14. The van der Waals surface area contributed by atoms with Crippen LogP contribution in [-0.2, 0) is 4.74 Å². The van der Waals surface area contributed by atoms with Crippen molar-refractivity contribution in [2.45, 2.75) is 19.1 Å². The van der Waals surface area contributed by atoms with E-state index in [0.717, 1.165) is 12.8 Å². The summed E-state index contributed by atoms with van der Waals surface area (Å²) < 4.78 is 5.27. The summed E-state index contributed by atoms with van der Waals surface area (Å²) in [6.45, 7) is 0.695. The Kier molecular flexibility index (Phi) is 3.58. The van der Waals surface area contributed by atoms with E-state index in [9.17, 15) is 4.79 Å². The molecular weight excluding hydrogens is 230 g/mol. The maximum Gasteiger partial charge on any atom is 0.322 e. The number of hydrogen-bond donors (Lipinski definition) is 2. The largest absolute Gasteiger partial charge is 0.358 e. The first-order valence-corrected chi connectivity index (χ1v) is 5.42. The Balaban J connectivity index is 1.86. The van der Waals surface area contributed by atoms with Crippen LogP contribution < -0.4 is 10.6 Å². The third-order valence-electron chi connectivity index (χ3n) is 2.19. The number of ether oxygens (including phenoxy) is 1. The van der Waals surface area contributed by atoms with Gasteiger partial charge >= 0.3 is 6.03 Å². The average Bonchev–Trinajstić information content (AvgIpc) is 2.70. The Bertz CT molecular complexity index is 380. The van der Waals surface area contributed by atoms with Gasteiger partial charge in [0.2, 0.25) is 0 Å². The summed E-state index contributed by atoms with van der Waals surface area (Å²) in [5.41, 5.74) is 0. The molecule has 0 radical (unpaired) electrons. The molecule has 1 fully saturated rings. The highest BCUT2D eigenvalue weighted by Gasteiger charge is 2.17. The standard InChI is InChI=1S/C10H12ClN3O2/c11-7-3-4-12-8(6-7)13-10(15)14-9-2-1-5-16-9/h3-4,6,9H,1-2,5H2,(H2,12,13,14,15). The van der Waals surface area contributed by atoms with E-state index >= 15 is 0 Å². The molecule has 2 heterocycles. The zero-order chi connectivity index (χ0) is 11.4. The molecule has 2 N–H and O–H groups in total. The van der Waals surface area contributed by atoms with Crippen LogP contribution in [0.4, 0.5) is 10.6 Å². The number of urea groups is 1. The second-order valence-corrected chi connectivity index (χ2v) is 3.90. The lowest BCUT2D eigenvalue weighted by atomic mass is 10.3. The smallest absolute Gasteiger partial charge is 0.322 e. The molecule has 86 valence electrons. The van der Waals surface area contributed by atoms with Gasteiger partial charge in [-0.3, -0.25) is 5.32 Å². The molecule has 1 aliphatic rings. The number of carbonyl (C=O) groups is 1. The van der Waals surface area contributed by atoms with Crippen molar-refractivity contribution < 1.29 is 9.53 Å². The van der Waals surface area contributed by atoms with E-state index in [1.807, 2.05) is 0 Å². The quantitative estimate of drug-likeness (QED) is 0.832. The van der Waals surface area contributed by atoms with Gasteiger partial charge in [-0.25, -0.2) is 9.78 Å². The summed E-state index contributed by atoms with van der Waals surface area (Å²) in [5.74, 6) is 0.419. The van der Waals surface area contributed by atoms with Crippen LogP contribution in [0.2, 0.25) is 5.02 Å². The first-order chi connectivity index (χ1) is 7.74. The molecule has 1 aromatic heterocycles. The van der Waals surface area contributed by atoms with Crippen molar-refractivity contribution in [1.29, 1.82) is 0 Å². The first-order valence-electron chi connectivity index (χ1n) is 5.05. The summed E-state index contributed by atoms with van der Waals surface area (Å²) >= 11 is 5.76. The number of nitrogens with zero attached hydrogens (tertiary/aromatic N) is 1. The van der Waals surface area contributed by atoms with E-state index in [4.69, 9.17) is 16.3 Å². The molecule has 0 bridgehead atoms. The van der Waals surface area contributed by atoms with Crippen LogP contribution in [0.15, 0.2) is 18.3 Å². The lowest BCUT2D eigenvalue weighted by molar-refractivity contribution is 0.0928. The molecule has 0 spiro atoms. The minimum atomic E-state index is -0.332. The van der Waals surface area contributed by atoms with Crippen molar-refractivity contribution >= 4 is 23.4 Å². The van der Waals surface area contributed by atoms with E-state index in [0.29, 0.717) is 17.4 Å². The van der Waals surface area contributed by atoms with E-state index in [2.05, 4.69) is 15.6 Å². The molecule has 2 rings (SSSR count). The van der Waals surface area contributed by atoms with Crippen molar-refractivity contribution in [3.05, 3.63) is 23.4 Å². The number of nitrogens with one attached hydrogen (secondary N) is 2. The lowest BCUT2D eigenvalue weighted by Crippen LogP contribution is -2.37. The van der Waals surface area contributed by atoms with Gasteiger partial charge in [-0.1, -0.05) is 11.6 Å². The Morgan fingerprint density at radius 2 is 2.50 bits per heavy atom. The van der Waals surface area contributed by atoms with Crippen molar-refractivity contribution in [2.24, 2.45) is 0 Å². The van der Waals surface area contributed by atoms with E-state index in [1.165, 1.54) is 6.20 Å². The fourth-order valence-electron chi connectivity index (χ4n) is 1.46. The SMILES string of the molecule is O=C(Nc1cc(Cl)ccn1)NC1CCCO1. The number of pyridine rings is 1. The van der Waals surface area contributed by atoms with Gasteiger partial charge in [-0.15, -0.1) is 0 Å². The van der Waals surface area contributed by atoms with Crippen molar-refractivity contribution in [2.75, 3.05) is 11.9 Å². The summed E-state index contributed by atoms with van der Waals surface area (Å²) in [7, 11) is 0. The molecule has 5 nitrogen and oxygen atoms in total. The normalized spacial score (nSPS) is 19.4. The van der Waals surface area contributed by atoms with Gasteiger partial charge in [-0.2, -0.15) is 0 Å². The summed E-state index contributed by atoms with van der Waals surface area (Å²) in [5, 5.41) is 5.81. The summed E-state index contributed by atoms with van der Waals surface area (Å²) in [6.07, 6.45) is 3.15. The Morgan fingerprint density at radius 3 is 3.19 bits per heavy atom. The van der Waals surface area contributed by atoms with Gasteiger partial charge < -0.3 is 10.1 Å². The topological polar surface area (TPSA) is 63.2 Å². The molecule has 0 aliphatic carbocycles. The highest BCUT2D eigenvalue weighted by Crippen LogP contribution is 2.12. The highest BCUT2D eigenvalue weighted by molar-refractivity contribution is 6.30. The number of aromatic nitrogens is 1. The minimum Gasteiger partial charge on any atom is -0.358 e. The molecule has 6 heteroatoms. The molecule has 0 saturated carbocycles. The third-order valence-corrected chi connectivity index (χ3v) is 2.42. The maximum absolute atomic E-state index is 11.5. The fourth-order valence-corrected chi connectivity index (χ4v) is 1.62. The van der Waals surface area contributed by atoms with Crippen LogP contribution >= 0.6 is 11.6 Å². The average molecular weight is 242 g/mol. The van der Waals surface area contributed by atoms with E-state index in [1.54, 1.807) is 12.1 Å². The molecule has 1 atom stereocenters. The van der Waals surface area contributed by atoms with Gasteiger partial charge in [0.05, 0.1) is 0 Å². The molecule has 1 aliphatic heterocycles. The van der Waals surface area contributed by atoms with Gasteiger partial charge in [0.15, 0.2) is 0 Å². The van der Waals surface area contributed by atoms with Gasteiger partial charge in [0.25, 0.3) is 0 Å². The second-order valence-electron chi connectivity index (χ2n) is 3.46. The number of halogens is 1. The Hall–Kier alpha value is -1.33. The van der Waals surface area contributed by atoms with Crippen LogP contribution in [0.5, 0.6) is 0 Å². The highest BCUT2D eigenvalue weighted by atomic mass is 35.5. The van der Waals surface area contributed by atoms with Crippen molar-refractivity contribution in [1.82, 2.24) is 10.3 Å². The van der Waals surface area contributed by atoms with Crippen molar-refractivity contribution in [3.8, 4) is 0 Å². The number of amides is 2. The Morgan fingerprint density at radius 1 is 1.62 bits per heavy atom. The molecule has 1 unspecified atom stereocenters. The maximum atomic E-state index is 11.5. The van der Waals surface area contributed by atoms with Crippen LogP contribution in [0.3, 0.4) is 0 Å². The van der Waals surface area contributed by atoms with Gasteiger partial charge in [0, 0.05) is 17.8 Å². The molecular formula is C10H12ClN3O2. The lowest BCUT2D eigenvalue weighted by Gasteiger charge is -2.12. The molecule has 0 aromatic carbocycles. The number of hydrogen-bond acceptors (Lipinski definition) is 3. The van der Waals surface area contributed by atoms with Crippen molar-refractivity contribution in [3.63, 3.8) is 0 Å². The molecule has 1 aromatic rings. The van der Waals surface area contributed by atoms with Crippen LogP contribution in [0.1, 0.15) is 12.8 Å². The predicted octanol–water partition coefficient (Wildman–Crippen LogP) is 1.99. The Labute approximate surface area is 98.1 Å². The monoisotopic (exact) mass is 241 g/mol. The van der Waals surface area contributed by atoms with E-state index in [-0.39, 0.29) is 12.3 Å². The predicted molar refractivity (Wildman–Crippen MR) is 60.4 cm³/mol.